The summed E-state index contributed by atoms with van der Waals surface area (Å²) in [6.07, 6.45) is 0.777. The molecule has 0 spiro atoms. The normalized spacial score (nSPS) is 11.3. The molecule has 2 rings (SSSR count). The lowest BCUT2D eigenvalue weighted by Gasteiger charge is -2.02. The Labute approximate surface area is 136 Å². The second-order valence-electron chi connectivity index (χ2n) is 4.34. The van der Waals surface area contributed by atoms with Crippen molar-refractivity contribution in [2.75, 3.05) is 0 Å². The number of benzene rings is 1. The lowest BCUT2D eigenvalue weighted by molar-refractivity contribution is 0.0685. The lowest BCUT2D eigenvalue weighted by Crippen LogP contribution is -2.10. The van der Waals surface area contributed by atoms with Crippen LogP contribution < -0.4 is 4.18 Å². The number of carbonyl (C=O) groups is 2. The number of carboxylic acid groups (broad SMARTS) is 2. The van der Waals surface area contributed by atoms with Crippen LogP contribution in [0.5, 0.6) is 5.75 Å². The van der Waals surface area contributed by atoms with Crippen LogP contribution >= 0.6 is 0 Å². The zero-order valence-electron chi connectivity index (χ0n) is 11.9. The van der Waals surface area contributed by atoms with Gasteiger partial charge in [0.25, 0.3) is 0 Å². The minimum atomic E-state index is -4.34. The summed E-state index contributed by atoms with van der Waals surface area (Å²) in [5.74, 6) is -2.88. The summed E-state index contributed by atoms with van der Waals surface area (Å²) >= 11 is 0. The molecule has 0 radical (unpaired) electrons. The molecule has 9 nitrogen and oxygen atoms in total. The number of carboxylic acids is 2. The summed E-state index contributed by atoms with van der Waals surface area (Å²) in [6.45, 7) is 0. The highest BCUT2D eigenvalue weighted by molar-refractivity contribution is 7.85. The molecule has 0 aliphatic rings. The van der Waals surface area contributed by atoms with Gasteiger partial charge in [-0.1, -0.05) is 18.2 Å². The van der Waals surface area contributed by atoms with E-state index < -0.39 is 33.6 Å². The van der Waals surface area contributed by atoms with Crippen molar-refractivity contribution in [2.45, 2.75) is 0 Å². The molecule has 0 aliphatic carbocycles. The molecule has 0 fully saturated rings. The molecule has 2 aromatic rings. The molecule has 124 valence electrons. The van der Waals surface area contributed by atoms with Crippen LogP contribution in [0.1, 0.15) is 26.5 Å². The molecule has 1 aromatic heterocycles. The maximum Gasteiger partial charge on any atom is 0.428 e. The molecule has 0 bridgehead atoms. The average Bonchev–Trinajstić information content (AvgIpc) is 2.53. The topological polar surface area (TPSA) is 143 Å². The fourth-order valence-electron chi connectivity index (χ4n) is 1.59. The van der Waals surface area contributed by atoms with E-state index >= 15 is 0 Å². The van der Waals surface area contributed by atoms with Gasteiger partial charge in [0.15, 0.2) is 0 Å². The van der Waals surface area contributed by atoms with E-state index in [1.807, 2.05) is 0 Å². The van der Waals surface area contributed by atoms with Crippen molar-refractivity contribution in [2.24, 2.45) is 4.40 Å². The van der Waals surface area contributed by atoms with Crippen molar-refractivity contribution < 1.29 is 32.4 Å². The minimum Gasteiger partial charge on any atom is -0.477 e. The summed E-state index contributed by atoms with van der Waals surface area (Å²) in [7, 11) is -4.34. The van der Waals surface area contributed by atoms with Crippen LogP contribution in [0, 0.1) is 0 Å². The number of para-hydroxylation sites is 1. The van der Waals surface area contributed by atoms with Crippen LogP contribution in [0.15, 0.2) is 46.9 Å². The first-order valence-corrected chi connectivity index (χ1v) is 7.67. The number of rotatable bonds is 6. The highest BCUT2D eigenvalue weighted by atomic mass is 32.2. The Kier molecular flexibility index (Phi) is 4.90. The van der Waals surface area contributed by atoms with Gasteiger partial charge in [-0.05, 0) is 29.8 Å². The monoisotopic (exact) mass is 350 g/mol. The summed E-state index contributed by atoms with van der Waals surface area (Å²) in [4.78, 5) is 25.3. The number of aromatic nitrogens is 1. The quantitative estimate of drug-likeness (QED) is 0.740. The molecule has 0 aliphatic heterocycles. The SMILES string of the molecule is O=C(O)c1cc(/C=N/S(=O)(=O)Oc2ccccc2)cc(C(=O)O)n1. The first kappa shape index (κ1) is 17.1. The van der Waals surface area contributed by atoms with Crippen LogP contribution in [0.2, 0.25) is 0 Å². The van der Waals surface area contributed by atoms with Crippen LogP contribution in [0.4, 0.5) is 0 Å². The minimum absolute atomic E-state index is 0.0434. The van der Waals surface area contributed by atoms with Crippen LogP contribution in [0.3, 0.4) is 0 Å². The molecule has 1 heterocycles. The number of hydrogen-bond acceptors (Lipinski definition) is 6. The molecule has 0 saturated carbocycles. The number of pyridine rings is 1. The standard InChI is InChI=1S/C14H10N2O7S/c17-13(18)11-6-9(7-12(16-11)14(19)20)8-15-24(21,22)23-10-4-2-1-3-5-10/h1-8H,(H,17,18)(H,19,20)/b15-8+. The van der Waals surface area contributed by atoms with E-state index in [4.69, 9.17) is 14.4 Å². The van der Waals surface area contributed by atoms with Gasteiger partial charge in [0.2, 0.25) is 0 Å². The largest absolute Gasteiger partial charge is 0.477 e. The van der Waals surface area contributed by atoms with E-state index in [2.05, 4.69) is 9.38 Å². The molecular weight excluding hydrogens is 340 g/mol. The van der Waals surface area contributed by atoms with Crippen molar-refractivity contribution in [1.82, 2.24) is 4.98 Å². The predicted molar refractivity (Wildman–Crippen MR) is 81.7 cm³/mol. The summed E-state index contributed by atoms with van der Waals surface area (Å²) in [5.41, 5.74) is -1.18. The Balaban J connectivity index is 2.30. The fourth-order valence-corrected chi connectivity index (χ4v) is 2.24. The van der Waals surface area contributed by atoms with Gasteiger partial charge < -0.3 is 14.4 Å². The molecule has 0 atom stereocenters. The van der Waals surface area contributed by atoms with Gasteiger partial charge in [-0.15, -0.1) is 4.40 Å². The van der Waals surface area contributed by atoms with E-state index in [0.29, 0.717) is 0 Å². The van der Waals surface area contributed by atoms with E-state index in [1.165, 1.54) is 12.1 Å². The number of nitrogens with zero attached hydrogens (tertiary/aromatic N) is 2. The second-order valence-corrected chi connectivity index (χ2v) is 5.57. The molecule has 0 amide bonds. The van der Waals surface area contributed by atoms with Crippen molar-refractivity contribution in [3.8, 4) is 5.75 Å². The smallest absolute Gasteiger partial charge is 0.428 e. The molecule has 0 saturated heterocycles. The summed E-state index contributed by atoms with van der Waals surface area (Å²) in [6, 6.07) is 9.58. The van der Waals surface area contributed by atoms with Gasteiger partial charge in [0.05, 0.1) is 6.21 Å². The first-order valence-electron chi connectivity index (χ1n) is 6.30. The van der Waals surface area contributed by atoms with Crippen LogP contribution in [0.25, 0.3) is 0 Å². The lowest BCUT2D eigenvalue weighted by atomic mass is 10.2. The van der Waals surface area contributed by atoms with Crippen molar-refractivity contribution in [3.05, 3.63) is 59.4 Å². The third-order valence-electron chi connectivity index (χ3n) is 2.56. The third kappa shape index (κ3) is 4.61. The highest BCUT2D eigenvalue weighted by Gasteiger charge is 2.14. The molecule has 24 heavy (non-hydrogen) atoms. The van der Waals surface area contributed by atoms with E-state index in [9.17, 15) is 18.0 Å². The van der Waals surface area contributed by atoms with Gasteiger partial charge in [0.1, 0.15) is 17.1 Å². The van der Waals surface area contributed by atoms with Gasteiger partial charge in [0, 0.05) is 0 Å². The van der Waals surface area contributed by atoms with E-state index in [0.717, 1.165) is 18.3 Å². The van der Waals surface area contributed by atoms with Gasteiger partial charge in [-0.2, -0.15) is 8.42 Å². The van der Waals surface area contributed by atoms with Crippen LogP contribution in [-0.4, -0.2) is 41.8 Å². The first-order chi connectivity index (χ1) is 11.3. The highest BCUT2D eigenvalue weighted by Crippen LogP contribution is 2.12. The molecular formula is C14H10N2O7S. The zero-order chi connectivity index (χ0) is 17.7. The maximum atomic E-state index is 11.7. The Hall–Kier alpha value is -3.27. The van der Waals surface area contributed by atoms with Crippen molar-refractivity contribution in [1.29, 1.82) is 0 Å². The van der Waals surface area contributed by atoms with E-state index in [-0.39, 0.29) is 11.3 Å². The van der Waals surface area contributed by atoms with Gasteiger partial charge >= 0.3 is 22.2 Å². The molecule has 0 unspecified atom stereocenters. The average molecular weight is 350 g/mol. The Morgan fingerprint density at radius 1 is 1.04 bits per heavy atom. The molecule has 1 aromatic carbocycles. The Bertz CT molecular complexity index is 876. The third-order valence-corrected chi connectivity index (χ3v) is 3.33. The van der Waals surface area contributed by atoms with Gasteiger partial charge in [-0.3, -0.25) is 0 Å². The Morgan fingerprint density at radius 2 is 1.58 bits per heavy atom. The number of aromatic carboxylic acids is 2. The number of hydrogen-bond donors (Lipinski definition) is 2. The Morgan fingerprint density at radius 3 is 2.08 bits per heavy atom. The predicted octanol–water partition coefficient (Wildman–Crippen LogP) is 1.22. The van der Waals surface area contributed by atoms with E-state index in [1.54, 1.807) is 18.2 Å². The summed E-state index contributed by atoms with van der Waals surface area (Å²) in [5, 5.41) is 17.8. The van der Waals surface area contributed by atoms with Crippen molar-refractivity contribution >= 4 is 28.5 Å². The van der Waals surface area contributed by atoms with Crippen LogP contribution in [-0.2, 0) is 10.3 Å². The molecule has 2 N–H and O–H groups in total. The fraction of sp³-hybridized carbons (Fsp3) is 0. The zero-order valence-corrected chi connectivity index (χ0v) is 12.7. The summed E-state index contributed by atoms with van der Waals surface area (Å²) < 4.78 is 31.4. The molecule has 10 heteroatoms. The van der Waals surface area contributed by atoms with Gasteiger partial charge in [-0.25, -0.2) is 14.6 Å². The second kappa shape index (κ2) is 6.87. The maximum absolute atomic E-state index is 11.7. The van der Waals surface area contributed by atoms with Crippen molar-refractivity contribution in [3.63, 3.8) is 0 Å².